The van der Waals surface area contributed by atoms with Gasteiger partial charge in [0.15, 0.2) is 0 Å². The van der Waals surface area contributed by atoms with Gasteiger partial charge in [0.25, 0.3) is 0 Å². The molecule has 0 spiro atoms. The first-order valence-electron chi connectivity index (χ1n) is 6.80. The second-order valence-corrected chi connectivity index (χ2v) is 5.38. The van der Waals surface area contributed by atoms with Crippen molar-refractivity contribution in [1.29, 1.82) is 0 Å². The Bertz CT molecular complexity index is 478. The normalized spacial score (nSPS) is 20.0. The number of rotatable bonds is 4. The van der Waals surface area contributed by atoms with Crippen molar-refractivity contribution in [3.63, 3.8) is 0 Å². The molecule has 1 fully saturated rings. The molecule has 110 valence electrons. The largest absolute Gasteiger partial charge is 0.507 e. The van der Waals surface area contributed by atoms with E-state index in [1.165, 1.54) is 0 Å². The summed E-state index contributed by atoms with van der Waals surface area (Å²) in [4.78, 5) is 13.0. The number of phenols is 1. The zero-order valence-corrected chi connectivity index (χ0v) is 11.9. The number of ether oxygens (including phenoxy) is 1. The van der Waals surface area contributed by atoms with Gasteiger partial charge in [-0.3, -0.25) is 9.69 Å². The molecule has 1 aliphatic heterocycles. The molecule has 5 heteroatoms. The second-order valence-electron chi connectivity index (χ2n) is 5.38. The van der Waals surface area contributed by atoms with Crippen molar-refractivity contribution >= 4 is 5.97 Å². The van der Waals surface area contributed by atoms with Crippen LogP contribution >= 0.6 is 0 Å². The van der Waals surface area contributed by atoms with Gasteiger partial charge in [-0.25, -0.2) is 0 Å². The van der Waals surface area contributed by atoms with Crippen LogP contribution in [0.3, 0.4) is 0 Å². The standard InChI is InChI=1S/C15H21NO4/c1-10-5-12(6-11(2)15(10)19)8-16-3-4-20-9-13(16)7-14(17)18/h5-6,13,19H,3-4,7-9H2,1-2H3,(H,17,18). The number of benzene rings is 1. The molecule has 1 atom stereocenters. The number of aryl methyl sites for hydroxylation is 2. The van der Waals surface area contributed by atoms with Gasteiger partial charge in [0.2, 0.25) is 0 Å². The maximum atomic E-state index is 10.9. The number of carboxylic acid groups (broad SMARTS) is 1. The van der Waals surface area contributed by atoms with E-state index < -0.39 is 5.97 Å². The van der Waals surface area contributed by atoms with Crippen LogP contribution in [0.5, 0.6) is 5.75 Å². The van der Waals surface area contributed by atoms with Crippen LogP contribution in [0.25, 0.3) is 0 Å². The second kappa shape index (κ2) is 6.24. The third-order valence-corrected chi connectivity index (χ3v) is 3.70. The van der Waals surface area contributed by atoms with Crippen LogP contribution in [-0.4, -0.2) is 46.9 Å². The van der Waals surface area contributed by atoms with E-state index in [1.807, 2.05) is 26.0 Å². The van der Waals surface area contributed by atoms with Gasteiger partial charge in [-0.2, -0.15) is 0 Å². The number of phenolic OH excluding ortho intramolecular Hbond substituents is 1. The van der Waals surface area contributed by atoms with E-state index in [2.05, 4.69) is 4.90 Å². The molecule has 20 heavy (non-hydrogen) atoms. The third kappa shape index (κ3) is 3.49. The van der Waals surface area contributed by atoms with Gasteiger partial charge in [0, 0.05) is 19.1 Å². The summed E-state index contributed by atoms with van der Waals surface area (Å²) in [6.07, 6.45) is 0.0933. The number of morpholine rings is 1. The highest BCUT2D eigenvalue weighted by Crippen LogP contribution is 2.24. The van der Waals surface area contributed by atoms with Crippen LogP contribution in [0.15, 0.2) is 12.1 Å². The maximum Gasteiger partial charge on any atom is 0.305 e. The first-order chi connectivity index (χ1) is 9.47. The molecular weight excluding hydrogens is 258 g/mol. The first kappa shape index (κ1) is 14.8. The van der Waals surface area contributed by atoms with E-state index in [0.29, 0.717) is 25.5 Å². The lowest BCUT2D eigenvalue weighted by Crippen LogP contribution is -2.45. The number of aliphatic carboxylic acids is 1. The van der Waals surface area contributed by atoms with Crippen molar-refractivity contribution in [2.75, 3.05) is 19.8 Å². The molecule has 2 N–H and O–H groups in total. The van der Waals surface area contributed by atoms with E-state index >= 15 is 0 Å². The fraction of sp³-hybridized carbons (Fsp3) is 0.533. The molecule has 1 aromatic carbocycles. The zero-order valence-electron chi connectivity index (χ0n) is 11.9. The molecule has 1 unspecified atom stereocenters. The Kier molecular flexibility index (Phi) is 4.62. The van der Waals surface area contributed by atoms with Gasteiger partial charge in [-0.1, -0.05) is 12.1 Å². The first-order valence-corrected chi connectivity index (χ1v) is 6.80. The lowest BCUT2D eigenvalue weighted by atomic mass is 10.0. The molecule has 0 aromatic heterocycles. The van der Waals surface area contributed by atoms with Crippen LogP contribution in [0.2, 0.25) is 0 Å². The summed E-state index contributed by atoms with van der Waals surface area (Å²) in [5, 5.41) is 18.8. The fourth-order valence-electron chi connectivity index (χ4n) is 2.66. The zero-order chi connectivity index (χ0) is 14.7. The maximum absolute atomic E-state index is 10.9. The summed E-state index contributed by atoms with van der Waals surface area (Å²) in [6.45, 7) is 6.26. The van der Waals surface area contributed by atoms with E-state index in [0.717, 1.165) is 23.2 Å². The Morgan fingerprint density at radius 1 is 1.40 bits per heavy atom. The Balaban J connectivity index is 2.12. The van der Waals surface area contributed by atoms with Gasteiger partial charge in [0.05, 0.1) is 19.6 Å². The predicted molar refractivity (Wildman–Crippen MR) is 74.9 cm³/mol. The number of hydrogen-bond donors (Lipinski definition) is 2. The van der Waals surface area contributed by atoms with Crippen LogP contribution in [-0.2, 0) is 16.1 Å². The number of nitrogens with zero attached hydrogens (tertiary/aromatic N) is 1. The van der Waals surface area contributed by atoms with Gasteiger partial charge in [-0.05, 0) is 30.5 Å². The summed E-state index contributed by atoms with van der Waals surface area (Å²) in [5.41, 5.74) is 2.79. The Labute approximate surface area is 118 Å². The Morgan fingerprint density at radius 2 is 2.05 bits per heavy atom. The van der Waals surface area contributed by atoms with Crippen LogP contribution in [0.4, 0.5) is 0 Å². The topological polar surface area (TPSA) is 70.0 Å². The predicted octanol–water partition coefficient (Wildman–Crippen LogP) is 1.68. The summed E-state index contributed by atoms with van der Waals surface area (Å²) in [6, 6.07) is 3.82. The lowest BCUT2D eigenvalue weighted by molar-refractivity contribution is -0.140. The van der Waals surface area contributed by atoms with E-state index in [1.54, 1.807) is 0 Å². The third-order valence-electron chi connectivity index (χ3n) is 3.70. The summed E-state index contributed by atoms with van der Waals surface area (Å²) in [7, 11) is 0. The molecule has 1 heterocycles. The molecule has 0 radical (unpaired) electrons. The number of carboxylic acids is 1. The summed E-state index contributed by atoms with van der Waals surface area (Å²) < 4.78 is 5.37. The number of aromatic hydroxyl groups is 1. The number of hydrogen-bond acceptors (Lipinski definition) is 4. The van der Waals surface area contributed by atoms with Crippen LogP contribution in [0, 0.1) is 13.8 Å². The highest BCUT2D eigenvalue weighted by molar-refractivity contribution is 5.67. The Hall–Kier alpha value is -1.59. The Morgan fingerprint density at radius 3 is 2.65 bits per heavy atom. The molecular formula is C15H21NO4. The molecule has 5 nitrogen and oxygen atoms in total. The van der Waals surface area contributed by atoms with Crippen LogP contribution < -0.4 is 0 Å². The minimum atomic E-state index is -0.802. The van der Waals surface area contributed by atoms with E-state index in [9.17, 15) is 9.90 Å². The smallest absolute Gasteiger partial charge is 0.305 e. The molecule has 1 aromatic rings. The van der Waals surface area contributed by atoms with E-state index in [4.69, 9.17) is 9.84 Å². The summed E-state index contributed by atoms with van der Waals surface area (Å²) in [5.74, 6) is -0.471. The van der Waals surface area contributed by atoms with Gasteiger partial charge in [-0.15, -0.1) is 0 Å². The van der Waals surface area contributed by atoms with Gasteiger partial charge in [0.1, 0.15) is 5.75 Å². The molecule has 1 aliphatic rings. The molecule has 0 aliphatic carbocycles. The van der Waals surface area contributed by atoms with Gasteiger partial charge < -0.3 is 14.9 Å². The molecule has 1 saturated heterocycles. The van der Waals surface area contributed by atoms with Gasteiger partial charge >= 0.3 is 5.97 Å². The van der Waals surface area contributed by atoms with Crippen molar-refractivity contribution < 1.29 is 19.7 Å². The van der Waals surface area contributed by atoms with Crippen LogP contribution in [0.1, 0.15) is 23.1 Å². The quantitative estimate of drug-likeness (QED) is 0.877. The SMILES string of the molecule is Cc1cc(CN2CCOCC2CC(=O)O)cc(C)c1O. The highest BCUT2D eigenvalue weighted by atomic mass is 16.5. The molecule has 0 bridgehead atoms. The highest BCUT2D eigenvalue weighted by Gasteiger charge is 2.25. The van der Waals surface area contributed by atoms with E-state index in [-0.39, 0.29) is 12.5 Å². The average Bonchev–Trinajstić information content (AvgIpc) is 2.37. The van der Waals surface area contributed by atoms with Crippen molar-refractivity contribution in [2.45, 2.75) is 32.9 Å². The monoisotopic (exact) mass is 279 g/mol. The molecule has 0 amide bonds. The minimum absolute atomic E-state index is 0.0873. The average molecular weight is 279 g/mol. The van der Waals surface area contributed by atoms with Crippen molar-refractivity contribution in [3.8, 4) is 5.75 Å². The molecule has 2 rings (SSSR count). The van der Waals surface area contributed by atoms with Crippen molar-refractivity contribution in [1.82, 2.24) is 4.90 Å². The minimum Gasteiger partial charge on any atom is -0.507 e. The number of carbonyl (C=O) groups is 1. The van der Waals surface area contributed by atoms with Crippen molar-refractivity contribution in [2.24, 2.45) is 0 Å². The van der Waals surface area contributed by atoms with Crippen molar-refractivity contribution in [3.05, 3.63) is 28.8 Å². The molecule has 0 saturated carbocycles. The fourth-order valence-corrected chi connectivity index (χ4v) is 2.66. The lowest BCUT2D eigenvalue weighted by Gasteiger charge is -2.34. The summed E-state index contributed by atoms with van der Waals surface area (Å²) >= 11 is 0.